The molecule has 0 aromatic heterocycles. The first kappa shape index (κ1) is 21.4. The van der Waals surface area contributed by atoms with Crippen molar-refractivity contribution in [2.75, 3.05) is 13.2 Å². The number of hydrogen-bond acceptors (Lipinski definition) is 3. The SMILES string of the molecule is CCOc1ccc([C@@H](Cc2ccccc2)NC(=O)c2ccccc2F)cc1OCC. The summed E-state index contributed by atoms with van der Waals surface area (Å²) in [7, 11) is 0. The van der Waals surface area contributed by atoms with E-state index in [2.05, 4.69) is 5.32 Å². The van der Waals surface area contributed by atoms with Gasteiger partial charge in [-0.15, -0.1) is 0 Å². The summed E-state index contributed by atoms with van der Waals surface area (Å²) < 4.78 is 25.5. The average Bonchev–Trinajstić information content (AvgIpc) is 2.76. The Morgan fingerprint density at radius 1 is 0.900 bits per heavy atom. The topological polar surface area (TPSA) is 47.6 Å². The number of carbonyl (C=O) groups excluding carboxylic acids is 1. The van der Waals surface area contributed by atoms with Gasteiger partial charge in [0.2, 0.25) is 0 Å². The first-order valence-electron chi connectivity index (χ1n) is 10.1. The second-order valence-electron chi connectivity index (χ2n) is 6.77. The zero-order valence-corrected chi connectivity index (χ0v) is 17.2. The van der Waals surface area contributed by atoms with Crippen molar-refractivity contribution in [2.45, 2.75) is 26.3 Å². The van der Waals surface area contributed by atoms with Crippen LogP contribution in [0.3, 0.4) is 0 Å². The Bertz CT molecular complexity index is 975. The number of ether oxygens (including phenoxy) is 2. The standard InChI is InChI=1S/C25H26FNO3/c1-3-29-23-15-14-19(17-24(23)30-4-2)22(16-18-10-6-5-7-11-18)27-25(28)20-12-8-9-13-21(20)26/h5-15,17,22H,3-4,16H2,1-2H3,(H,27,28)/t22-/m1/s1. The Morgan fingerprint density at radius 3 is 2.27 bits per heavy atom. The molecule has 1 N–H and O–H groups in total. The normalized spacial score (nSPS) is 11.6. The van der Waals surface area contributed by atoms with Crippen molar-refractivity contribution in [3.05, 3.63) is 95.3 Å². The number of carbonyl (C=O) groups is 1. The molecule has 0 radical (unpaired) electrons. The van der Waals surface area contributed by atoms with Crippen LogP contribution in [-0.2, 0) is 6.42 Å². The van der Waals surface area contributed by atoms with Gasteiger partial charge in [0, 0.05) is 0 Å². The van der Waals surface area contributed by atoms with Gasteiger partial charge >= 0.3 is 0 Å². The van der Waals surface area contributed by atoms with Crippen molar-refractivity contribution in [2.24, 2.45) is 0 Å². The molecule has 3 aromatic carbocycles. The molecule has 0 bridgehead atoms. The van der Waals surface area contributed by atoms with Crippen molar-refractivity contribution in [3.63, 3.8) is 0 Å². The average molecular weight is 407 g/mol. The van der Waals surface area contributed by atoms with Gasteiger partial charge in [0.05, 0.1) is 24.8 Å². The summed E-state index contributed by atoms with van der Waals surface area (Å²) in [6, 6.07) is 21.1. The largest absolute Gasteiger partial charge is 0.490 e. The van der Waals surface area contributed by atoms with Gasteiger partial charge in [-0.2, -0.15) is 0 Å². The Labute approximate surface area is 176 Å². The van der Waals surface area contributed by atoms with E-state index in [1.807, 2.05) is 62.4 Å². The molecule has 156 valence electrons. The molecule has 0 saturated carbocycles. The molecule has 0 aliphatic carbocycles. The van der Waals surface area contributed by atoms with Crippen LogP contribution in [0, 0.1) is 5.82 Å². The van der Waals surface area contributed by atoms with E-state index in [9.17, 15) is 9.18 Å². The molecule has 30 heavy (non-hydrogen) atoms. The molecule has 1 atom stereocenters. The van der Waals surface area contributed by atoms with E-state index in [1.165, 1.54) is 12.1 Å². The molecule has 0 spiro atoms. The minimum Gasteiger partial charge on any atom is -0.490 e. The second-order valence-corrected chi connectivity index (χ2v) is 6.77. The third kappa shape index (κ3) is 5.38. The molecule has 0 fully saturated rings. The monoisotopic (exact) mass is 407 g/mol. The summed E-state index contributed by atoms with van der Waals surface area (Å²) in [6.07, 6.45) is 0.556. The minimum atomic E-state index is -0.546. The summed E-state index contributed by atoms with van der Waals surface area (Å²) in [5.41, 5.74) is 1.94. The maximum absolute atomic E-state index is 14.1. The Balaban J connectivity index is 1.94. The highest BCUT2D eigenvalue weighted by Crippen LogP contribution is 2.32. The molecule has 5 heteroatoms. The van der Waals surface area contributed by atoms with Crippen molar-refractivity contribution >= 4 is 5.91 Å². The van der Waals surface area contributed by atoms with Crippen LogP contribution in [0.5, 0.6) is 11.5 Å². The molecule has 1 amide bonds. The Kier molecular flexibility index (Phi) is 7.44. The van der Waals surface area contributed by atoms with E-state index >= 15 is 0 Å². The fourth-order valence-corrected chi connectivity index (χ4v) is 3.27. The lowest BCUT2D eigenvalue weighted by Gasteiger charge is -2.21. The molecule has 0 unspecified atom stereocenters. The number of halogens is 1. The van der Waals surface area contributed by atoms with Gasteiger partial charge in [0.15, 0.2) is 11.5 Å². The minimum absolute atomic E-state index is 0.0199. The maximum Gasteiger partial charge on any atom is 0.254 e. The van der Waals surface area contributed by atoms with Gasteiger partial charge in [-0.3, -0.25) is 4.79 Å². The maximum atomic E-state index is 14.1. The third-order valence-electron chi connectivity index (χ3n) is 4.68. The third-order valence-corrected chi connectivity index (χ3v) is 4.68. The number of amides is 1. The molecular formula is C25H26FNO3. The zero-order valence-electron chi connectivity index (χ0n) is 17.2. The second kappa shape index (κ2) is 10.4. The van der Waals surface area contributed by atoms with Crippen LogP contribution < -0.4 is 14.8 Å². The summed E-state index contributed by atoms with van der Waals surface area (Å²) in [5, 5.41) is 2.98. The van der Waals surface area contributed by atoms with E-state index in [0.29, 0.717) is 31.1 Å². The van der Waals surface area contributed by atoms with E-state index in [4.69, 9.17) is 9.47 Å². The van der Waals surface area contributed by atoms with Crippen LogP contribution >= 0.6 is 0 Å². The zero-order chi connectivity index (χ0) is 21.3. The highest BCUT2D eigenvalue weighted by Gasteiger charge is 2.20. The van der Waals surface area contributed by atoms with Gasteiger partial charge in [-0.1, -0.05) is 48.5 Å². The van der Waals surface area contributed by atoms with Crippen LogP contribution in [0.15, 0.2) is 72.8 Å². The van der Waals surface area contributed by atoms with Crippen LogP contribution in [0.2, 0.25) is 0 Å². The number of benzene rings is 3. The Morgan fingerprint density at radius 2 is 1.57 bits per heavy atom. The fraction of sp³-hybridized carbons (Fsp3) is 0.240. The summed E-state index contributed by atoms with van der Waals surface area (Å²) in [6.45, 7) is 4.84. The van der Waals surface area contributed by atoms with Gasteiger partial charge in [0.25, 0.3) is 5.91 Å². The van der Waals surface area contributed by atoms with E-state index in [0.717, 1.165) is 11.1 Å². The Hall–Kier alpha value is -3.34. The molecule has 0 saturated heterocycles. The van der Waals surface area contributed by atoms with Crippen LogP contribution in [0.4, 0.5) is 4.39 Å². The van der Waals surface area contributed by atoms with Gasteiger partial charge in [0.1, 0.15) is 5.82 Å². The molecule has 0 aliphatic rings. The lowest BCUT2D eigenvalue weighted by atomic mass is 9.97. The predicted octanol–water partition coefficient (Wildman–Crippen LogP) is 5.34. The smallest absolute Gasteiger partial charge is 0.254 e. The molecule has 0 heterocycles. The van der Waals surface area contributed by atoms with Crippen molar-refractivity contribution in [3.8, 4) is 11.5 Å². The van der Waals surface area contributed by atoms with E-state index in [1.54, 1.807) is 12.1 Å². The lowest BCUT2D eigenvalue weighted by molar-refractivity contribution is 0.0932. The first-order valence-corrected chi connectivity index (χ1v) is 10.1. The fourth-order valence-electron chi connectivity index (χ4n) is 3.27. The predicted molar refractivity (Wildman–Crippen MR) is 116 cm³/mol. The van der Waals surface area contributed by atoms with Gasteiger partial charge in [-0.25, -0.2) is 4.39 Å². The summed E-state index contributed by atoms with van der Waals surface area (Å²) in [5.74, 6) is 0.271. The van der Waals surface area contributed by atoms with E-state index < -0.39 is 11.7 Å². The highest BCUT2D eigenvalue weighted by molar-refractivity contribution is 5.94. The quantitative estimate of drug-likeness (QED) is 0.521. The lowest BCUT2D eigenvalue weighted by Crippen LogP contribution is -2.30. The van der Waals surface area contributed by atoms with Crippen molar-refractivity contribution < 1.29 is 18.7 Å². The van der Waals surface area contributed by atoms with Crippen LogP contribution in [-0.4, -0.2) is 19.1 Å². The van der Waals surface area contributed by atoms with Crippen molar-refractivity contribution in [1.82, 2.24) is 5.32 Å². The van der Waals surface area contributed by atoms with Crippen LogP contribution in [0.1, 0.15) is 41.4 Å². The molecule has 4 nitrogen and oxygen atoms in total. The molecular weight excluding hydrogens is 381 g/mol. The van der Waals surface area contributed by atoms with E-state index in [-0.39, 0.29) is 11.6 Å². The number of hydrogen-bond donors (Lipinski definition) is 1. The summed E-state index contributed by atoms with van der Waals surface area (Å²) in [4.78, 5) is 12.8. The first-order chi connectivity index (χ1) is 14.6. The number of nitrogens with one attached hydrogen (secondary N) is 1. The van der Waals surface area contributed by atoms with Gasteiger partial charge in [-0.05, 0) is 55.7 Å². The van der Waals surface area contributed by atoms with Gasteiger partial charge < -0.3 is 14.8 Å². The van der Waals surface area contributed by atoms with Crippen LogP contribution in [0.25, 0.3) is 0 Å². The molecule has 3 aromatic rings. The highest BCUT2D eigenvalue weighted by atomic mass is 19.1. The van der Waals surface area contributed by atoms with Crippen molar-refractivity contribution in [1.29, 1.82) is 0 Å². The molecule has 0 aliphatic heterocycles. The summed E-state index contributed by atoms with van der Waals surface area (Å²) >= 11 is 0. The number of rotatable bonds is 9. The molecule has 3 rings (SSSR count).